The Balaban J connectivity index is 2.08. The lowest BCUT2D eigenvalue weighted by atomic mass is 10.1. The van der Waals surface area contributed by atoms with Crippen LogP contribution in [0.4, 0.5) is 0 Å². The van der Waals surface area contributed by atoms with Crippen molar-refractivity contribution in [3.63, 3.8) is 0 Å². The van der Waals surface area contributed by atoms with Crippen molar-refractivity contribution in [1.82, 2.24) is 4.90 Å². The van der Waals surface area contributed by atoms with Crippen LogP contribution in [0.3, 0.4) is 0 Å². The van der Waals surface area contributed by atoms with Crippen LogP contribution in [0, 0.1) is 0 Å². The summed E-state index contributed by atoms with van der Waals surface area (Å²) in [5.74, 6) is 1.13. The fourth-order valence-corrected chi connectivity index (χ4v) is 2.30. The average molecular weight is 282 g/mol. The molecule has 0 aromatic heterocycles. The zero-order valence-electron chi connectivity index (χ0n) is 9.52. The van der Waals surface area contributed by atoms with E-state index in [0.29, 0.717) is 17.9 Å². The normalized spacial score (nSPS) is 24.3. The van der Waals surface area contributed by atoms with Gasteiger partial charge in [-0.1, -0.05) is 34.1 Å². The number of hydrogen-bond donors (Lipinski definition) is 1. The molecular formula is C12H16BrN3. The zero-order valence-corrected chi connectivity index (χ0v) is 11.1. The Morgan fingerprint density at radius 3 is 2.75 bits per heavy atom. The average Bonchev–Trinajstić information content (AvgIpc) is 2.97. The van der Waals surface area contributed by atoms with Gasteiger partial charge in [-0.15, -0.1) is 0 Å². The van der Waals surface area contributed by atoms with Gasteiger partial charge in [-0.25, -0.2) is 4.99 Å². The molecule has 3 nitrogen and oxygen atoms in total. The number of nitrogens with zero attached hydrogens (tertiary/aromatic N) is 2. The molecule has 0 saturated heterocycles. The van der Waals surface area contributed by atoms with Crippen LogP contribution in [0.1, 0.15) is 17.9 Å². The van der Waals surface area contributed by atoms with Crippen LogP contribution in [-0.2, 0) is 0 Å². The van der Waals surface area contributed by atoms with Crippen LogP contribution in [0.15, 0.2) is 33.7 Å². The van der Waals surface area contributed by atoms with E-state index < -0.39 is 0 Å². The largest absolute Gasteiger partial charge is 0.370 e. The van der Waals surface area contributed by atoms with E-state index in [0.717, 1.165) is 6.42 Å². The summed E-state index contributed by atoms with van der Waals surface area (Å²) in [6.45, 7) is 0. The number of benzene rings is 1. The van der Waals surface area contributed by atoms with Gasteiger partial charge in [-0.05, 0) is 18.1 Å². The monoisotopic (exact) mass is 281 g/mol. The highest BCUT2D eigenvalue weighted by Gasteiger charge is 2.39. The number of hydrogen-bond acceptors (Lipinski definition) is 1. The van der Waals surface area contributed by atoms with Crippen molar-refractivity contribution < 1.29 is 0 Å². The summed E-state index contributed by atoms with van der Waals surface area (Å²) in [5.41, 5.74) is 7.14. The summed E-state index contributed by atoms with van der Waals surface area (Å²) in [6, 6.07) is 8.66. The lowest BCUT2D eigenvalue weighted by Gasteiger charge is -2.10. The minimum atomic E-state index is 0.348. The van der Waals surface area contributed by atoms with E-state index in [1.165, 1.54) is 10.0 Å². The second-order valence-electron chi connectivity index (χ2n) is 4.31. The van der Waals surface area contributed by atoms with Crippen LogP contribution >= 0.6 is 15.9 Å². The topological polar surface area (TPSA) is 41.6 Å². The second-order valence-corrected chi connectivity index (χ2v) is 5.17. The van der Waals surface area contributed by atoms with Crippen molar-refractivity contribution in [3.8, 4) is 0 Å². The smallest absolute Gasteiger partial charge is 0.191 e. The molecule has 1 fully saturated rings. The Morgan fingerprint density at radius 2 is 2.12 bits per heavy atom. The molecular weight excluding hydrogens is 266 g/mol. The van der Waals surface area contributed by atoms with E-state index in [1.807, 2.05) is 25.1 Å². The van der Waals surface area contributed by atoms with Gasteiger partial charge in [0.1, 0.15) is 0 Å². The SMILES string of the molecule is CN(C)C(N)=N[C@@H]1C[C@H]1c1ccccc1Br. The maximum Gasteiger partial charge on any atom is 0.191 e. The number of aliphatic imine (C=N–C) groups is 1. The van der Waals surface area contributed by atoms with Crippen LogP contribution in [0.25, 0.3) is 0 Å². The summed E-state index contributed by atoms with van der Waals surface area (Å²) in [5, 5.41) is 0. The van der Waals surface area contributed by atoms with Crippen molar-refractivity contribution in [3.05, 3.63) is 34.3 Å². The van der Waals surface area contributed by atoms with Gasteiger partial charge < -0.3 is 10.6 Å². The van der Waals surface area contributed by atoms with E-state index in [2.05, 4.69) is 39.1 Å². The molecule has 0 bridgehead atoms. The standard InChI is InChI=1S/C12H16BrN3/c1-16(2)12(14)15-11-7-9(11)8-5-3-4-6-10(8)13/h3-6,9,11H,7H2,1-2H3,(H2,14,15)/t9-,11+/m0/s1. The molecule has 0 radical (unpaired) electrons. The highest BCUT2D eigenvalue weighted by atomic mass is 79.9. The number of nitrogens with two attached hydrogens (primary N) is 1. The van der Waals surface area contributed by atoms with E-state index in [4.69, 9.17) is 5.73 Å². The predicted molar refractivity (Wildman–Crippen MR) is 70.6 cm³/mol. The fourth-order valence-electron chi connectivity index (χ4n) is 1.72. The molecule has 86 valence electrons. The van der Waals surface area contributed by atoms with Gasteiger partial charge in [0.15, 0.2) is 5.96 Å². The van der Waals surface area contributed by atoms with E-state index in [1.54, 1.807) is 0 Å². The van der Waals surface area contributed by atoms with Crippen LogP contribution in [0.2, 0.25) is 0 Å². The summed E-state index contributed by atoms with van der Waals surface area (Å²) < 4.78 is 1.17. The highest BCUT2D eigenvalue weighted by Crippen LogP contribution is 2.45. The van der Waals surface area contributed by atoms with Crippen molar-refractivity contribution in [2.45, 2.75) is 18.4 Å². The Bertz CT molecular complexity index is 414. The molecule has 1 aliphatic rings. The van der Waals surface area contributed by atoms with E-state index >= 15 is 0 Å². The van der Waals surface area contributed by atoms with Gasteiger partial charge in [0.2, 0.25) is 0 Å². The Labute approximate surface area is 104 Å². The van der Waals surface area contributed by atoms with Crippen molar-refractivity contribution in [1.29, 1.82) is 0 Å². The van der Waals surface area contributed by atoms with Crippen LogP contribution in [-0.4, -0.2) is 31.0 Å². The molecule has 0 heterocycles. The van der Waals surface area contributed by atoms with Crippen LogP contribution < -0.4 is 5.73 Å². The predicted octanol–water partition coefficient (Wildman–Crippen LogP) is 2.18. The molecule has 4 heteroatoms. The van der Waals surface area contributed by atoms with Crippen molar-refractivity contribution >= 4 is 21.9 Å². The molecule has 1 aromatic carbocycles. The zero-order chi connectivity index (χ0) is 11.7. The third kappa shape index (κ3) is 2.38. The Hall–Kier alpha value is -1.03. The third-order valence-corrected chi connectivity index (χ3v) is 3.54. The van der Waals surface area contributed by atoms with Gasteiger partial charge >= 0.3 is 0 Å². The molecule has 2 rings (SSSR count). The number of rotatable bonds is 2. The Kier molecular flexibility index (Phi) is 3.19. The first-order chi connectivity index (χ1) is 7.59. The Morgan fingerprint density at radius 1 is 1.44 bits per heavy atom. The molecule has 1 aromatic rings. The summed E-state index contributed by atoms with van der Waals surface area (Å²) in [6.07, 6.45) is 1.09. The molecule has 1 saturated carbocycles. The molecule has 0 amide bonds. The molecule has 16 heavy (non-hydrogen) atoms. The van der Waals surface area contributed by atoms with Crippen molar-refractivity contribution in [2.24, 2.45) is 10.7 Å². The first-order valence-corrected chi connectivity index (χ1v) is 6.14. The van der Waals surface area contributed by atoms with Crippen molar-refractivity contribution in [2.75, 3.05) is 14.1 Å². The van der Waals surface area contributed by atoms with Gasteiger partial charge in [-0.2, -0.15) is 0 Å². The second kappa shape index (κ2) is 4.45. The first-order valence-electron chi connectivity index (χ1n) is 5.34. The first kappa shape index (κ1) is 11.5. The summed E-state index contributed by atoms with van der Waals surface area (Å²) in [4.78, 5) is 6.33. The van der Waals surface area contributed by atoms with Crippen LogP contribution in [0.5, 0.6) is 0 Å². The maximum absolute atomic E-state index is 5.80. The molecule has 0 spiro atoms. The fraction of sp³-hybridized carbons (Fsp3) is 0.417. The molecule has 0 aliphatic heterocycles. The van der Waals surface area contributed by atoms with Gasteiger partial charge in [-0.3, -0.25) is 0 Å². The minimum Gasteiger partial charge on any atom is -0.370 e. The third-order valence-electron chi connectivity index (χ3n) is 2.82. The minimum absolute atomic E-state index is 0.348. The maximum atomic E-state index is 5.80. The van der Waals surface area contributed by atoms with Gasteiger partial charge in [0, 0.05) is 24.5 Å². The molecule has 2 N–H and O–H groups in total. The summed E-state index contributed by atoms with van der Waals surface area (Å²) >= 11 is 3.57. The van der Waals surface area contributed by atoms with E-state index in [-0.39, 0.29) is 0 Å². The molecule has 2 atom stereocenters. The molecule has 1 aliphatic carbocycles. The molecule has 0 unspecified atom stereocenters. The van der Waals surface area contributed by atoms with Gasteiger partial charge in [0.25, 0.3) is 0 Å². The number of halogens is 1. The quantitative estimate of drug-likeness (QED) is 0.667. The number of guanidine groups is 1. The van der Waals surface area contributed by atoms with E-state index in [9.17, 15) is 0 Å². The highest BCUT2D eigenvalue weighted by molar-refractivity contribution is 9.10. The van der Waals surface area contributed by atoms with Gasteiger partial charge in [0.05, 0.1) is 6.04 Å². The lowest BCUT2D eigenvalue weighted by molar-refractivity contribution is 0.608. The lowest BCUT2D eigenvalue weighted by Crippen LogP contribution is -2.30. The summed E-state index contributed by atoms with van der Waals surface area (Å²) in [7, 11) is 3.82.